The molecule has 0 saturated heterocycles. The van der Waals surface area contributed by atoms with Crippen LogP contribution in [-0.4, -0.2) is 19.5 Å². The second-order valence-corrected chi connectivity index (χ2v) is 4.52. The molecule has 0 aliphatic carbocycles. The Balaban J connectivity index is 2.15. The van der Waals surface area contributed by atoms with Gasteiger partial charge in [0.05, 0.1) is 17.7 Å². The van der Waals surface area contributed by atoms with Gasteiger partial charge in [-0.2, -0.15) is 0 Å². The van der Waals surface area contributed by atoms with Crippen LogP contribution in [0.15, 0.2) is 36.4 Å². The fourth-order valence-electron chi connectivity index (χ4n) is 1.71. The number of methoxy groups -OCH3 is 1. The molecule has 0 aromatic heterocycles. The molecule has 0 N–H and O–H groups in total. The Morgan fingerprint density at radius 1 is 1.19 bits per heavy atom. The zero-order chi connectivity index (χ0) is 15.4. The molecule has 0 aliphatic heterocycles. The molecule has 0 heterocycles. The number of carbonyl (C=O) groups is 1. The lowest BCUT2D eigenvalue weighted by Gasteiger charge is -2.10. The van der Waals surface area contributed by atoms with E-state index in [2.05, 4.69) is 0 Å². The number of halogens is 3. The molecule has 2 aromatic carbocycles. The third-order valence-corrected chi connectivity index (χ3v) is 3.03. The number of carbonyl (C=O) groups excluding carboxylic acids is 1. The maximum Gasteiger partial charge on any atom is 0.204 e. The number of hydrogen-bond donors (Lipinski definition) is 0. The predicted molar refractivity (Wildman–Crippen MR) is 74.2 cm³/mol. The zero-order valence-corrected chi connectivity index (χ0v) is 11.8. The Labute approximate surface area is 125 Å². The van der Waals surface area contributed by atoms with Crippen LogP contribution in [0.5, 0.6) is 11.5 Å². The highest BCUT2D eigenvalue weighted by atomic mass is 35.5. The number of hydrogen-bond acceptors (Lipinski definition) is 3. The van der Waals surface area contributed by atoms with E-state index in [1.54, 1.807) is 0 Å². The van der Waals surface area contributed by atoms with Crippen molar-refractivity contribution in [2.45, 2.75) is 0 Å². The van der Waals surface area contributed by atoms with E-state index < -0.39 is 24.0 Å². The van der Waals surface area contributed by atoms with Gasteiger partial charge in [0.15, 0.2) is 18.2 Å². The summed E-state index contributed by atoms with van der Waals surface area (Å²) in [5.41, 5.74) is 0.0277. The van der Waals surface area contributed by atoms with Crippen LogP contribution in [0.1, 0.15) is 10.4 Å². The van der Waals surface area contributed by atoms with E-state index in [1.807, 2.05) is 0 Å². The Morgan fingerprint density at radius 3 is 2.67 bits per heavy atom. The van der Waals surface area contributed by atoms with E-state index in [4.69, 9.17) is 21.1 Å². The van der Waals surface area contributed by atoms with Crippen molar-refractivity contribution in [3.8, 4) is 11.5 Å². The number of ketones is 1. The highest BCUT2D eigenvalue weighted by molar-refractivity contribution is 6.30. The molecule has 21 heavy (non-hydrogen) atoms. The lowest BCUT2D eigenvalue weighted by atomic mass is 10.1. The minimum Gasteiger partial charge on any atom is -0.496 e. The van der Waals surface area contributed by atoms with E-state index in [0.717, 1.165) is 6.07 Å². The van der Waals surface area contributed by atoms with Crippen molar-refractivity contribution in [1.29, 1.82) is 0 Å². The lowest BCUT2D eigenvalue weighted by molar-refractivity contribution is 0.0915. The molecule has 0 bridgehead atoms. The van der Waals surface area contributed by atoms with E-state index in [0.29, 0.717) is 0 Å². The first-order chi connectivity index (χ1) is 10.0. The molecule has 0 fully saturated rings. The number of benzene rings is 2. The summed E-state index contributed by atoms with van der Waals surface area (Å²) in [7, 11) is 1.36. The van der Waals surface area contributed by atoms with Gasteiger partial charge in [-0.15, -0.1) is 0 Å². The average Bonchev–Trinajstić information content (AvgIpc) is 2.48. The summed E-state index contributed by atoms with van der Waals surface area (Å²) < 4.78 is 36.9. The third-order valence-electron chi connectivity index (χ3n) is 2.74. The van der Waals surface area contributed by atoms with Gasteiger partial charge in [0.25, 0.3) is 0 Å². The molecular weight excluding hydrogens is 302 g/mol. The third kappa shape index (κ3) is 3.49. The zero-order valence-electron chi connectivity index (χ0n) is 11.0. The summed E-state index contributed by atoms with van der Waals surface area (Å²) in [5.74, 6) is -1.79. The van der Waals surface area contributed by atoms with Crippen LogP contribution < -0.4 is 9.47 Å². The first-order valence-electron chi connectivity index (χ1n) is 5.96. The fourth-order valence-corrected chi connectivity index (χ4v) is 1.88. The fraction of sp³-hybridized carbons (Fsp3) is 0.133. The Bertz CT molecular complexity index is 674. The lowest BCUT2D eigenvalue weighted by Crippen LogP contribution is -2.13. The van der Waals surface area contributed by atoms with Gasteiger partial charge in [0, 0.05) is 0 Å². The largest absolute Gasteiger partial charge is 0.496 e. The van der Waals surface area contributed by atoms with Crippen molar-refractivity contribution in [3.05, 3.63) is 58.6 Å². The summed E-state index contributed by atoms with van der Waals surface area (Å²) in [6, 6.07) is 7.75. The molecule has 0 amide bonds. The first-order valence-corrected chi connectivity index (χ1v) is 6.34. The minimum atomic E-state index is -0.752. The van der Waals surface area contributed by atoms with Crippen molar-refractivity contribution >= 4 is 17.4 Å². The predicted octanol–water partition coefficient (Wildman–Crippen LogP) is 3.89. The minimum absolute atomic E-state index is 0.0277. The number of Topliss-reactive ketones (excluding diaryl/α,β-unsaturated/α-hetero) is 1. The quantitative estimate of drug-likeness (QED) is 0.786. The monoisotopic (exact) mass is 312 g/mol. The van der Waals surface area contributed by atoms with E-state index >= 15 is 0 Å². The Kier molecular flexibility index (Phi) is 4.75. The van der Waals surface area contributed by atoms with Crippen molar-refractivity contribution in [1.82, 2.24) is 0 Å². The normalized spacial score (nSPS) is 10.3. The van der Waals surface area contributed by atoms with Crippen LogP contribution in [0.25, 0.3) is 0 Å². The second-order valence-electron chi connectivity index (χ2n) is 4.11. The maximum absolute atomic E-state index is 13.6. The standard InChI is InChI=1S/C15H11ClF2O3/c1-20-13-6-5-9(17)7-10(13)12(19)8-21-14-4-2-3-11(16)15(14)18/h2-7H,8H2,1H3. The van der Waals surface area contributed by atoms with Crippen LogP contribution in [0.3, 0.4) is 0 Å². The van der Waals surface area contributed by atoms with Gasteiger partial charge in [-0.05, 0) is 30.3 Å². The molecule has 0 saturated carbocycles. The highest BCUT2D eigenvalue weighted by Crippen LogP contribution is 2.25. The molecular formula is C15H11ClF2O3. The van der Waals surface area contributed by atoms with Gasteiger partial charge < -0.3 is 9.47 Å². The molecule has 3 nitrogen and oxygen atoms in total. The molecule has 0 atom stereocenters. The number of ether oxygens (including phenoxy) is 2. The van der Waals surface area contributed by atoms with Gasteiger partial charge >= 0.3 is 0 Å². The molecule has 2 rings (SSSR count). The van der Waals surface area contributed by atoms with Crippen LogP contribution in [-0.2, 0) is 0 Å². The maximum atomic E-state index is 13.6. The van der Waals surface area contributed by atoms with Crippen LogP contribution >= 0.6 is 11.6 Å². The smallest absolute Gasteiger partial charge is 0.204 e. The molecule has 0 radical (unpaired) electrons. The van der Waals surface area contributed by atoms with Crippen molar-refractivity contribution in [2.24, 2.45) is 0 Å². The van der Waals surface area contributed by atoms with Gasteiger partial charge in [0.1, 0.15) is 11.6 Å². The van der Waals surface area contributed by atoms with Gasteiger partial charge in [0.2, 0.25) is 5.78 Å². The van der Waals surface area contributed by atoms with Crippen LogP contribution in [0.4, 0.5) is 8.78 Å². The van der Waals surface area contributed by atoms with Crippen molar-refractivity contribution < 1.29 is 23.0 Å². The van der Waals surface area contributed by atoms with Gasteiger partial charge in [-0.3, -0.25) is 4.79 Å². The molecule has 0 aliphatic rings. The number of rotatable bonds is 5. The van der Waals surface area contributed by atoms with Gasteiger partial charge in [-0.25, -0.2) is 8.78 Å². The Morgan fingerprint density at radius 2 is 1.95 bits per heavy atom. The van der Waals surface area contributed by atoms with Crippen molar-refractivity contribution in [2.75, 3.05) is 13.7 Å². The topological polar surface area (TPSA) is 35.5 Å². The SMILES string of the molecule is COc1ccc(F)cc1C(=O)COc1cccc(Cl)c1F. The van der Waals surface area contributed by atoms with Crippen LogP contribution in [0.2, 0.25) is 5.02 Å². The van der Waals surface area contributed by atoms with E-state index in [1.165, 1.54) is 37.4 Å². The molecule has 0 spiro atoms. The molecule has 110 valence electrons. The summed E-state index contributed by atoms with van der Waals surface area (Å²) in [5, 5.41) is -0.108. The van der Waals surface area contributed by atoms with E-state index in [-0.39, 0.29) is 22.1 Å². The molecule has 0 unspecified atom stereocenters. The molecule has 2 aromatic rings. The van der Waals surface area contributed by atoms with E-state index in [9.17, 15) is 13.6 Å². The molecule has 6 heteroatoms. The average molecular weight is 313 g/mol. The van der Waals surface area contributed by atoms with Crippen molar-refractivity contribution in [3.63, 3.8) is 0 Å². The summed E-state index contributed by atoms with van der Waals surface area (Å²) in [4.78, 5) is 12.0. The first kappa shape index (κ1) is 15.3. The van der Waals surface area contributed by atoms with Gasteiger partial charge in [-0.1, -0.05) is 17.7 Å². The van der Waals surface area contributed by atoms with Crippen LogP contribution in [0, 0.1) is 11.6 Å². The summed E-state index contributed by atoms with van der Waals surface area (Å²) in [6.07, 6.45) is 0. The second kappa shape index (κ2) is 6.54. The Hall–Kier alpha value is -2.14. The summed E-state index contributed by atoms with van der Waals surface area (Å²) >= 11 is 5.61. The summed E-state index contributed by atoms with van der Waals surface area (Å²) in [6.45, 7) is -0.461. The highest BCUT2D eigenvalue weighted by Gasteiger charge is 2.15.